The number of rotatable bonds is 1. The van der Waals surface area contributed by atoms with E-state index >= 15 is 0 Å². The fourth-order valence-electron chi connectivity index (χ4n) is 1.97. The van der Waals surface area contributed by atoms with E-state index in [0.29, 0.717) is 5.92 Å². The number of nitrogens with two attached hydrogens (primary N) is 1. The Morgan fingerprint density at radius 1 is 1.29 bits per heavy atom. The summed E-state index contributed by atoms with van der Waals surface area (Å²) < 4.78 is 0. The van der Waals surface area contributed by atoms with E-state index in [1.165, 1.54) is 16.7 Å². The molecule has 1 aliphatic rings. The maximum absolute atomic E-state index is 5.92. The topological polar surface area (TPSA) is 26.0 Å². The molecule has 1 aromatic rings. The Labute approximate surface area is 84.9 Å². The fourth-order valence-corrected chi connectivity index (χ4v) is 1.97. The summed E-state index contributed by atoms with van der Waals surface area (Å²) in [4.78, 5) is 0. The van der Waals surface area contributed by atoms with Gasteiger partial charge in [0, 0.05) is 11.6 Å². The van der Waals surface area contributed by atoms with Crippen LogP contribution in [-0.4, -0.2) is 0 Å². The summed E-state index contributed by atoms with van der Waals surface area (Å²) in [5.74, 6) is 0.399. The van der Waals surface area contributed by atoms with Crippen LogP contribution in [-0.2, 0) is 0 Å². The highest BCUT2D eigenvalue weighted by Crippen LogP contribution is 2.39. The molecule has 0 bridgehead atoms. The maximum atomic E-state index is 5.92. The lowest BCUT2D eigenvalue weighted by Crippen LogP contribution is -1.98. The Morgan fingerprint density at radius 2 is 1.93 bits per heavy atom. The van der Waals surface area contributed by atoms with Gasteiger partial charge in [0.2, 0.25) is 0 Å². The lowest BCUT2D eigenvalue weighted by molar-refractivity contribution is 0.833. The second-order valence-electron chi connectivity index (χ2n) is 3.84. The van der Waals surface area contributed by atoms with E-state index < -0.39 is 0 Å². The third-order valence-corrected chi connectivity index (χ3v) is 3.01. The molecular weight excluding hydrogens is 170 g/mol. The van der Waals surface area contributed by atoms with Crippen molar-refractivity contribution in [2.75, 3.05) is 0 Å². The van der Waals surface area contributed by atoms with Crippen LogP contribution in [0, 0.1) is 0 Å². The van der Waals surface area contributed by atoms with Crippen molar-refractivity contribution in [1.82, 2.24) is 0 Å². The quantitative estimate of drug-likeness (QED) is 0.715. The molecule has 1 aliphatic carbocycles. The molecule has 72 valence electrons. The SMILES string of the molecule is C=C1C(C)=C(N)CC1c1ccccc1. The van der Waals surface area contributed by atoms with E-state index in [1.54, 1.807) is 0 Å². The highest BCUT2D eigenvalue weighted by Gasteiger charge is 2.24. The third-order valence-electron chi connectivity index (χ3n) is 3.01. The molecule has 1 atom stereocenters. The number of hydrogen-bond donors (Lipinski definition) is 1. The molecule has 0 fully saturated rings. The van der Waals surface area contributed by atoms with E-state index in [2.05, 4.69) is 37.8 Å². The van der Waals surface area contributed by atoms with Crippen LogP contribution < -0.4 is 5.73 Å². The summed E-state index contributed by atoms with van der Waals surface area (Å²) in [7, 11) is 0. The van der Waals surface area contributed by atoms with Crippen molar-refractivity contribution in [2.24, 2.45) is 5.73 Å². The molecule has 14 heavy (non-hydrogen) atoms. The lowest BCUT2D eigenvalue weighted by atomic mass is 9.92. The van der Waals surface area contributed by atoms with Crippen LogP contribution in [0.1, 0.15) is 24.8 Å². The largest absolute Gasteiger partial charge is 0.402 e. The average Bonchev–Trinajstić information content (AvgIpc) is 2.47. The van der Waals surface area contributed by atoms with Crippen molar-refractivity contribution in [3.8, 4) is 0 Å². The van der Waals surface area contributed by atoms with Crippen molar-refractivity contribution < 1.29 is 0 Å². The monoisotopic (exact) mass is 185 g/mol. The summed E-state index contributed by atoms with van der Waals surface area (Å²) in [6.07, 6.45) is 0.925. The van der Waals surface area contributed by atoms with E-state index in [9.17, 15) is 0 Å². The molecule has 0 aromatic heterocycles. The molecule has 2 N–H and O–H groups in total. The minimum Gasteiger partial charge on any atom is -0.402 e. The third kappa shape index (κ3) is 1.35. The summed E-state index contributed by atoms with van der Waals surface area (Å²) in [5, 5.41) is 0. The number of hydrogen-bond acceptors (Lipinski definition) is 1. The van der Waals surface area contributed by atoms with Crippen LogP contribution >= 0.6 is 0 Å². The van der Waals surface area contributed by atoms with Gasteiger partial charge in [-0.1, -0.05) is 36.9 Å². The van der Waals surface area contributed by atoms with E-state index in [-0.39, 0.29) is 0 Å². The zero-order chi connectivity index (χ0) is 10.1. The molecule has 0 saturated carbocycles. The zero-order valence-electron chi connectivity index (χ0n) is 8.46. The van der Waals surface area contributed by atoms with Gasteiger partial charge in [-0.3, -0.25) is 0 Å². The molecular formula is C13H15N. The maximum Gasteiger partial charge on any atom is 0.0141 e. The van der Waals surface area contributed by atoms with Gasteiger partial charge in [0.05, 0.1) is 0 Å². The van der Waals surface area contributed by atoms with Crippen molar-refractivity contribution in [3.63, 3.8) is 0 Å². The summed E-state index contributed by atoms with van der Waals surface area (Å²) >= 11 is 0. The highest BCUT2D eigenvalue weighted by atomic mass is 14.6. The van der Waals surface area contributed by atoms with Crippen molar-refractivity contribution in [3.05, 3.63) is 59.3 Å². The standard InChI is InChI=1S/C13H15N/c1-9-10(2)13(14)8-12(9)11-6-4-3-5-7-11/h3-7,12H,1,8,14H2,2H3. The first-order valence-electron chi connectivity index (χ1n) is 4.89. The summed E-state index contributed by atoms with van der Waals surface area (Å²) in [5.41, 5.74) is 10.6. The predicted octanol–water partition coefficient (Wildman–Crippen LogP) is 2.96. The van der Waals surface area contributed by atoms with Gasteiger partial charge in [-0.2, -0.15) is 0 Å². The Balaban J connectivity index is 2.30. The van der Waals surface area contributed by atoms with Gasteiger partial charge >= 0.3 is 0 Å². The van der Waals surface area contributed by atoms with Gasteiger partial charge < -0.3 is 5.73 Å². The van der Waals surface area contributed by atoms with Gasteiger partial charge in [-0.25, -0.2) is 0 Å². The molecule has 1 heteroatoms. The van der Waals surface area contributed by atoms with Crippen molar-refractivity contribution in [1.29, 1.82) is 0 Å². The lowest BCUT2D eigenvalue weighted by Gasteiger charge is -2.12. The number of allylic oxidation sites excluding steroid dienone is 3. The fraction of sp³-hybridized carbons (Fsp3) is 0.231. The molecule has 1 nitrogen and oxygen atoms in total. The van der Waals surface area contributed by atoms with Crippen LogP contribution in [0.25, 0.3) is 0 Å². The molecule has 2 rings (SSSR count). The molecule has 0 saturated heterocycles. The first kappa shape index (κ1) is 9.07. The van der Waals surface area contributed by atoms with Gasteiger partial charge in [0.25, 0.3) is 0 Å². The normalized spacial score (nSPS) is 21.8. The number of benzene rings is 1. The Bertz CT molecular complexity index is 387. The van der Waals surface area contributed by atoms with Crippen molar-refractivity contribution in [2.45, 2.75) is 19.3 Å². The van der Waals surface area contributed by atoms with Gasteiger partial charge in [-0.05, 0) is 30.1 Å². The van der Waals surface area contributed by atoms with E-state index in [0.717, 1.165) is 12.1 Å². The molecule has 0 heterocycles. The predicted molar refractivity (Wildman–Crippen MR) is 59.8 cm³/mol. The van der Waals surface area contributed by atoms with E-state index in [4.69, 9.17) is 5.73 Å². The Kier molecular flexibility index (Phi) is 2.16. The molecule has 0 amide bonds. The zero-order valence-corrected chi connectivity index (χ0v) is 8.46. The summed E-state index contributed by atoms with van der Waals surface area (Å²) in [6.45, 7) is 6.16. The minimum atomic E-state index is 0.399. The second kappa shape index (κ2) is 3.33. The minimum absolute atomic E-state index is 0.399. The molecule has 0 aliphatic heterocycles. The molecule has 0 radical (unpaired) electrons. The Morgan fingerprint density at radius 3 is 2.43 bits per heavy atom. The van der Waals surface area contributed by atoms with Crippen LogP contribution in [0.5, 0.6) is 0 Å². The first-order valence-corrected chi connectivity index (χ1v) is 4.89. The van der Waals surface area contributed by atoms with Crippen LogP contribution in [0.2, 0.25) is 0 Å². The molecule has 1 aromatic carbocycles. The highest BCUT2D eigenvalue weighted by molar-refractivity contribution is 5.46. The van der Waals surface area contributed by atoms with E-state index in [1.807, 2.05) is 6.07 Å². The van der Waals surface area contributed by atoms with Crippen LogP contribution in [0.15, 0.2) is 53.8 Å². The molecule has 1 unspecified atom stereocenters. The van der Waals surface area contributed by atoms with Crippen LogP contribution in [0.3, 0.4) is 0 Å². The smallest absolute Gasteiger partial charge is 0.0141 e. The first-order chi connectivity index (χ1) is 6.70. The van der Waals surface area contributed by atoms with Crippen molar-refractivity contribution >= 4 is 0 Å². The second-order valence-corrected chi connectivity index (χ2v) is 3.84. The van der Waals surface area contributed by atoms with Gasteiger partial charge in [0.15, 0.2) is 0 Å². The summed E-state index contributed by atoms with van der Waals surface area (Å²) in [6, 6.07) is 10.4. The van der Waals surface area contributed by atoms with Gasteiger partial charge in [0.1, 0.15) is 0 Å². The average molecular weight is 185 g/mol. The molecule has 0 spiro atoms. The van der Waals surface area contributed by atoms with Gasteiger partial charge in [-0.15, -0.1) is 0 Å². The van der Waals surface area contributed by atoms with Crippen LogP contribution in [0.4, 0.5) is 0 Å². The Hall–Kier alpha value is -1.50.